The SMILES string of the molecule is Cc1noc2cc(C3=NC(F)=C(C4C5CC5c5cc(-c6cc(Cl)ccc6-n6cc(C(F)F)nn6)cc(=O)n54)C3)ccc12. The van der Waals surface area contributed by atoms with Crippen molar-refractivity contribution < 1.29 is 17.7 Å². The Labute approximate surface area is 240 Å². The molecule has 2 aromatic carbocycles. The largest absolute Gasteiger partial charge is 0.356 e. The molecule has 0 saturated heterocycles. The number of alkyl halides is 2. The van der Waals surface area contributed by atoms with Crippen molar-refractivity contribution in [2.24, 2.45) is 10.9 Å². The van der Waals surface area contributed by atoms with E-state index in [1.54, 1.807) is 22.8 Å². The topological polar surface area (TPSA) is 91.1 Å². The van der Waals surface area contributed by atoms with Crippen LogP contribution in [0.2, 0.25) is 5.02 Å². The molecule has 0 spiro atoms. The maximum Gasteiger partial charge on any atom is 0.283 e. The number of aliphatic imine (C=N–C) groups is 1. The number of hydrogen-bond acceptors (Lipinski definition) is 6. The number of hydrogen-bond donors (Lipinski definition) is 0. The van der Waals surface area contributed by atoms with Crippen molar-refractivity contribution in [2.45, 2.75) is 38.2 Å². The van der Waals surface area contributed by atoms with Crippen LogP contribution in [0.5, 0.6) is 0 Å². The number of allylic oxidation sites excluding steroid dienone is 1. The molecule has 3 aliphatic rings. The van der Waals surface area contributed by atoms with Gasteiger partial charge in [-0.15, -0.1) is 5.10 Å². The zero-order valence-corrected chi connectivity index (χ0v) is 22.7. The summed E-state index contributed by atoms with van der Waals surface area (Å²) in [5, 5.41) is 12.7. The third kappa shape index (κ3) is 3.79. The molecule has 3 aromatic heterocycles. The van der Waals surface area contributed by atoms with E-state index < -0.39 is 24.1 Å². The molecule has 42 heavy (non-hydrogen) atoms. The van der Waals surface area contributed by atoms with Crippen LogP contribution in [0.3, 0.4) is 0 Å². The monoisotopic (exact) mass is 588 g/mol. The second kappa shape index (κ2) is 8.99. The molecule has 8 rings (SSSR count). The number of nitrogens with zero attached hydrogens (tertiary/aromatic N) is 6. The van der Waals surface area contributed by atoms with Crippen molar-refractivity contribution in [1.29, 1.82) is 0 Å². The fraction of sp³-hybridized carbons (Fsp3) is 0.233. The van der Waals surface area contributed by atoms with Crippen LogP contribution in [0.4, 0.5) is 13.2 Å². The second-order valence-electron chi connectivity index (χ2n) is 10.9. The zero-order valence-electron chi connectivity index (χ0n) is 21.9. The summed E-state index contributed by atoms with van der Waals surface area (Å²) >= 11 is 6.31. The van der Waals surface area contributed by atoms with Gasteiger partial charge in [0.1, 0.15) is 5.69 Å². The highest BCUT2D eigenvalue weighted by Gasteiger charge is 2.55. The normalized spacial score (nSPS) is 20.9. The molecule has 2 aliphatic heterocycles. The summed E-state index contributed by atoms with van der Waals surface area (Å²) in [6.45, 7) is 1.86. The highest BCUT2D eigenvalue weighted by Crippen LogP contribution is 2.62. The lowest BCUT2D eigenvalue weighted by Crippen LogP contribution is -2.26. The number of aromatic nitrogens is 5. The molecule has 0 bridgehead atoms. The van der Waals surface area contributed by atoms with E-state index in [1.807, 2.05) is 31.2 Å². The fourth-order valence-electron chi connectivity index (χ4n) is 6.40. The Morgan fingerprint density at radius 2 is 1.95 bits per heavy atom. The fourth-order valence-corrected chi connectivity index (χ4v) is 6.57. The van der Waals surface area contributed by atoms with Crippen molar-refractivity contribution in [3.8, 4) is 16.8 Å². The molecule has 5 aromatic rings. The van der Waals surface area contributed by atoms with Gasteiger partial charge in [-0.1, -0.05) is 28.0 Å². The highest BCUT2D eigenvalue weighted by molar-refractivity contribution is 6.31. The van der Waals surface area contributed by atoms with Crippen LogP contribution in [-0.2, 0) is 0 Å². The van der Waals surface area contributed by atoms with Gasteiger partial charge < -0.3 is 9.09 Å². The smallest absolute Gasteiger partial charge is 0.283 e. The molecule has 210 valence electrons. The minimum atomic E-state index is -2.77. The van der Waals surface area contributed by atoms with Crippen LogP contribution >= 0.6 is 11.6 Å². The first-order chi connectivity index (χ1) is 20.3. The molecule has 12 heteroatoms. The standard InChI is InChI=1S/C30H20ClF3N6O2/c1-13-17-4-2-14(7-26(17)42-37-13)22-11-21(30(34)35-22)28-20-10-19(20)25-6-15(8-27(41)40(25)28)18-9-16(31)3-5-24(18)39-12-23(29(32)33)36-38-39/h2-9,12,19-20,28-29H,10-11H2,1H3. The minimum Gasteiger partial charge on any atom is -0.356 e. The average molecular weight is 589 g/mol. The van der Waals surface area contributed by atoms with Crippen LogP contribution in [0.15, 0.2) is 80.6 Å². The molecule has 1 aliphatic carbocycles. The van der Waals surface area contributed by atoms with E-state index in [4.69, 9.17) is 16.1 Å². The molecular formula is C30H20ClF3N6O2. The van der Waals surface area contributed by atoms with Gasteiger partial charge in [-0.25, -0.2) is 18.5 Å². The summed E-state index contributed by atoms with van der Waals surface area (Å²) in [6.07, 6.45) is -0.513. The Hall–Kier alpha value is -4.51. The Morgan fingerprint density at radius 3 is 2.76 bits per heavy atom. The van der Waals surface area contributed by atoms with Crippen LogP contribution < -0.4 is 5.56 Å². The van der Waals surface area contributed by atoms with Crippen molar-refractivity contribution >= 4 is 28.3 Å². The maximum absolute atomic E-state index is 15.5. The number of benzene rings is 2. The molecular weight excluding hydrogens is 569 g/mol. The lowest BCUT2D eigenvalue weighted by atomic mass is 9.96. The van der Waals surface area contributed by atoms with E-state index in [2.05, 4.69) is 20.5 Å². The molecule has 0 amide bonds. The Morgan fingerprint density at radius 1 is 1.10 bits per heavy atom. The van der Waals surface area contributed by atoms with Gasteiger partial charge in [0.15, 0.2) is 5.58 Å². The van der Waals surface area contributed by atoms with Gasteiger partial charge in [0, 0.05) is 51.2 Å². The summed E-state index contributed by atoms with van der Waals surface area (Å²) in [6, 6.07) is 13.4. The minimum absolute atomic E-state index is 0.0883. The maximum atomic E-state index is 15.5. The van der Waals surface area contributed by atoms with Gasteiger partial charge in [0.25, 0.3) is 12.0 Å². The third-order valence-electron chi connectivity index (χ3n) is 8.45. The van der Waals surface area contributed by atoms with E-state index >= 15 is 4.39 Å². The predicted molar refractivity (Wildman–Crippen MR) is 149 cm³/mol. The molecule has 0 radical (unpaired) electrons. The van der Waals surface area contributed by atoms with Gasteiger partial charge in [-0.3, -0.25) is 4.79 Å². The Balaban J connectivity index is 1.15. The van der Waals surface area contributed by atoms with Gasteiger partial charge in [0.2, 0.25) is 5.95 Å². The summed E-state index contributed by atoms with van der Waals surface area (Å²) < 4.78 is 50.1. The number of fused-ring (bicyclic) bond motifs is 4. The lowest BCUT2D eigenvalue weighted by Gasteiger charge is -2.20. The summed E-state index contributed by atoms with van der Waals surface area (Å²) in [4.78, 5) is 17.9. The Bertz CT molecular complexity index is 2080. The van der Waals surface area contributed by atoms with Crippen LogP contribution in [0, 0.1) is 12.8 Å². The van der Waals surface area contributed by atoms with E-state index in [0.717, 1.165) is 35.0 Å². The van der Waals surface area contributed by atoms with Crippen molar-refractivity contribution in [3.63, 3.8) is 0 Å². The van der Waals surface area contributed by atoms with Gasteiger partial charge >= 0.3 is 0 Å². The average Bonchev–Trinajstić information content (AvgIpc) is 3.29. The van der Waals surface area contributed by atoms with Crippen molar-refractivity contribution in [2.75, 3.05) is 0 Å². The molecule has 8 nitrogen and oxygen atoms in total. The van der Waals surface area contributed by atoms with E-state index in [0.29, 0.717) is 38.7 Å². The van der Waals surface area contributed by atoms with Crippen molar-refractivity contribution in [1.82, 2.24) is 24.7 Å². The summed E-state index contributed by atoms with van der Waals surface area (Å²) in [5.41, 5.74) is 4.82. The number of halogens is 4. The van der Waals surface area contributed by atoms with E-state index in [-0.39, 0.29) is 23.8 Å². The van der Waals surface area contributed by atoms with Gasteiger partial charge in [0.05, 0.1) is 29.3 Å². The van der Waals surface area contributed by atoms with Crippen LogP contribution in [-0.4, -0.2) is 30.4 Å². The quantitative estimate of drug-likeness (QED) is 0.209. The van der Waals surface area contributed by atoms with Crippen LogP contribution in [0.1, 0.15) is 53.9 Å². The molecule has 0 N–H and O–H groups in total. The summed E-state index contributed by atoms with van der Waals surface area (Å²) in [7, 11) is 0. The predicted octanol–water partition coefficient (Wildman–Crippen LogP) is 6.87. The first-order valence-electron chi connectivity index (χ1n) is 13.4. The van der Waals surface area contributed by atoms with Crippen LogP contribution in [0.25, 0.3) is 27.8 Å². The highest BCUT2D eigenvalue weighted by atomic mass is 35.5. The molecule has 3 atom stereocenters. The molecule has 1 fully saturated rings. The summed E-state index contributed by atoms with van der Waals surface area (Å²) in [5.74, 6) is -0.373. The molecule has 1 saturated carbocycles. The molecule has 5 heterocycles. The second-order valence-corrected chi connectivity index (χ2v) is 11.3. The van der Waals surface area contributed by atoms with Gasteiger partial charge in [-0.05, 0) is 61.2 Å². The van der Waals surface area contributed by atoms with E-state index in [1.165, 1.54) is 10.7 Å². The van der Waals surface area contributed by atoms with Gasteiger partial charge in [-0.2, -0.15) is 4.39 Å². The third-order valence-corrected chi connectivity index (χ3v) is 8.69. The molecule has 3 unspecified atom stereocenters. The first kappa shape index (κ1) is 25.2. The lowest BCUT2D eigenvalue weighted by molar-refractivity contribution is 0.146. The number of rotatable bonds is 5. The first-order valence-corrected chi connectivity index (χ1v) is 13.7. The zero-order chi connectivity index (χ0) is 28.9. The number of pyridine rings is 1. The van der Waals surface area contributed by atoms with E-state index in [9.17, 15) is 13.6 Å². The Kier molecular flexibility index (Phi) is 5.40. The van der Waals surface area contributed by atoms with Crippen molar-refractivity contribution in [3.05, 3.63) is 104 Å². The number of aryl methyl sites for hydroxylation is 1.